The van der Waals surface area contributed by atoms with E-state index in [0.717, 1.165) is 41.5 Å². The number of nitrogens with one attached hydrogen (secondary N) is 1. The normalized spacial score (nSPS) is 15.0. The molecule has 0 amide bonds. The van der Waals surface area contributed by atoms with Crippen LogP contribution in [0.5, 0.6) is 0 Å². The van der Waals surface area contributed by atoms with Gasteiger partial charge in [-0.3, -0.25) is 9.56 Å². The number of rotatable bonds is 4. The second-order valence-corrected chi connectivity index (χ2v) is 6.77. The van der Waals surface area contributed by atoms with Gasteiger partial charge in [-0.25, -0.2) is 4.98 Å². The number of hydrogen-bond acceptors (Lipinski definition) is 3. The molecule has 0 radical (unpaired) electrons. The summed E-state index contributed by atoms with van der Waals surface area (Å²) in [5.74, 6) is 0.959. The quantitative estimate of drug-likeness (QED) is 0.376. The number of aromatic nitrogens is 2. The lowest BCUT2D eigenvalue weighted by atomic mass is 10.1. The fourth-order valence-electron chi connectivity index (χ4n) is 3.23. The van der Waals surface area contributed by atoms with E-state index >= 15 is 0 Å². The Labute approximate surface area is 185 Å². The Hall–Kier alpha value is -1.62. The molecule has 1 saturated heterocycles. The molecule has 1 aromatic carbocycles. The van der Waals surface area contributed by atoms with E-state index in [-0.39, 0.29) is 36.3 Å². The van der Waals surface area contributed by atoms with Crippen molar-refractivity contribution in [2.75, 3.05) is 38.1 Å². The average molecular weight is 525 g/mol. The van der Waals surface area contributed by atoms with Crippen molar-refractivity contribution in [3.05, 3.63) is 47.0 Å². The van der Waals surface area contributed by atoms with Gasteiger partial charge in [-0.05, 0) is 24.6 Å². The standard InChI is InChI=1S/C18H23ClF2N6.HI/c1-13-3-4-14(19)11-15(13)25-7-9-26(10-8-25)18(22-2)24-12-16-23-5-6-27(16)17(20)21;/h3-6,11,17H,7-10,12H2,1-2H3,(H,22,24);1H. The van der Waals surface area contributed by atoms with Crippen molar-refractivity contribution < 1.29 is 8.78 Å². The zero-order chi connectivity index (χ0) is 19.4. The molecule has 0 unspecified atom stereocenters. The lowest BCUT2D eigenvalue weighted by Crippen LogP contribution is -2.52. The Morgan fingerprint density at radius 3 is 2.64 bits per heavy atom. The zero-order valence-electron chi connectivity index (χ0n) is 15.8. The zero-order valence-corrected chi connectivity index (χ0v) is 18.9. The second kappa shape index (κ2) is 10.2. The number of imidazole rings is 1. The first-order valence-electron chi connectivity index (χ1n) is 8.76. The Morgan fingerprint density at radius 2 is 2.00 bits per heavy atom. The summed E-state index contributed by atoms with van der Waals surface area (Å²) in [5.41, 5.74) is 2.33. The molecule has 1 N–H and O–H groups in total. The van der Waals surface area contributed by atoms with E-state index in [4.69, 9.17) is 11.6 Å². The first-order chi connectivity index (χ1) is 13.0. The maximum atomic E-state index is 12.9. The third-order valence-electron chi connectivity index (χ3n) is 4.67. The Bertz CT molecular complexity index is 805. The van der Waals surface area contributed by atoms with Gasteiger partial charge in [0.05, 0.1) is 6.54 Å². The van der Waals surface area contributed by atoms with Crippen molar-refractivity contribution in [1.29, 1.82) is 0 Å². The molecule has 1 aliphatic rings. The number of nitrogens with zero attached hydrogens (tertiary/aromatic N) is 5. The van der Waals surface area contributed by atoms with Crippen LogP contribution in [0.25, 0.3) is 0 Å². The van der Waals surface area contributed by atoms with Crippen molar-refractivity contribution in [2.24, 2.45) is 4.99 Å². The molecule has 0 aliphatic carbocycles. The third-order valence-corrected chi connectivity index (χ3v) is 4.90. The van der Waals surface area contributed by atoms with Crippen LogP contribution in [0.1, 0.15) is 17.9 Å². The van der Waals surface area contributed by atoms with Gasteiger partial charge < -0.3 is 15.1 Å². The first-order valence-corrected chi connectivity index (χ1v) is 9.14. The minimum atomic E-state index is -2.60. The first kappa shape index (κ1) is 22.7. The molecule has 0 saturated carbocycles. The number of anilines is 1. The Kier molecular flexibility index (Phi) is 8.29. The number of piperazine rings is 1. The summed E-state index contributed by atoms with van der Waals surface area (Å²) in [7, 11) is 1.69. The molecule has 0 atom stereocenters. The van der Waals surface area contributed by atoms with Crippen LogP contribution in [-0.2, 0) is 6.54 Å². The van der Waals surface area contributed by atoms with E-state index in [0.29, 0.717) is 5.96 Å². The van der Waals surface area contributed by atoms with Crippen molar-refractivity contribution in [3.63, 3.8) is 0 Å². The molecule has 6 nitrogen and oxygen atoms in total. The smallest absolute Gasteiger partial charge is 0.319 e. The molecular formula is C18H24ClF2IN6. The average Bonchev–Trinajstić information content (AvgIpc) is 3.14. The number of halogens is 4. The predicted octanol–water partition coefficient (Wildman–Crippen LogP) is 3.76. The Balaban J connectivity index is 0.00000280. The van der Waals surface area contributed by atoms with Crippen LogP contribution < -0.4 is 10.2 Å². The van der Waals surface area contributed by atoms with Gasteiger partial charge in [-0.1, -0.05) is 17.7 Å². The highest BCUT2D eigenvalue weighted by Crippen LogP contribution is 2.25. The van der Waals surface area contributed by atoms with E-state index < -0.39 is 6.55 Å². The molecule has 1 aromatic heterocycles. The molecule has 154 valence electrons. The van der Waals surface area contributed by atoms with Gasteiger partial charge in [0.1, 0.15) is 5.82 Å². The highest BCUT2D eigenvalue weighted by atomic mass is 127. The van der Waals surface area contributed by atoms with Crippen LogP contribution in [0, 0.1) is 6.92 Å². The molecule has 0 spiro atoms. The molecule has 28 heavy (non-hydrogen) atoms. The number of hydrogen-bond donors (Lipinski definition) is 1. The van der Waals surface area contributed by atoms with E-state index in [1.54, 1.807) is 7.05 Å². The van der Waals surface area contributed by atoms with Gasteiger partial charge in [-0.2, -0.15) is 8.78 Å². The van der Waals surface area contributed by atoms with E-state index in [2.05, 4.69) is 32.0 Å². The topological polar surface area (TPSA) is 48.7 Å². The minimum absolute atomic E-state index is 0. The van der Waals surface area contributed by atoms with Crippen LogP contribution in [0.15, 0.2) is 35.6 Å². The van der Waals surface area contributed by atoms with Gasteiger partial charge in [0, 0.05) is 56.3 Å². The number of aliphatic imine (C=N–C) groups is 1. The molecular weight excluding hydrogens is 501 g/mol. The monoisotopic (exact) mass is 524 g/mol. The number of guanidine groups is 1. The summed E-state index contributed by atoms with van der Waals surface area (Å²) in [6.07, 6.45) is 2.65. The van der Waals surface area contributed by atoms with E-state index in [9.17, 15) is 8.78 Å². The van der Waals surface area contributed by atoms with Gasteiger partial charge in [0.2, 0.25) is 0 Å². The highest BCUT2D eigenvalue weighted by molar-refractivity contribution is 14.0. The van der Waals surface area contributed by atoms with Crippen LogP contribution >= 0.6 is 35.6 Å². The third kappa shape index (κ3) is 5.25. The molecule has 2 aromatic rings. The fourth-order valence-corrected chi connectivity index (χ4v) is 3.40. The van der Waals surface area contributed by atoms with Crippen molar-refractivity contribution in [3.8, 4) is 0 Å². The summed E-state index contributed by atoms with van der Waals surface area (Å²) >= 11 is 6.14. The lowest BCUT2D eigenvalue weighted by molar-refractivity contribution is 0.0668. The maximum Gasteiger partial charge on any atom is 0.319 e. The number of benzene rings is 1. The van der Waals surface area contributed by atoms with Crippen LogP contribution in [0.2, 0.25) is 5.02 Å². The van der Waals surface area contributed by atoms with Crippen LogP contribution in [0.3, 0.4) is 0 Å². The van der Waals surface area contributed by atoms with Crippen LogP contribution in [0.4, 0.5) is 14.5 Å². The summed E-state index contributed by atoms with van der Waals surface area (Å²) in [6, 6.07) is 5.91. The maximum absolute atomic E-state index is 12.9. The van der Waals surface area contributed by atoms with Gasteiger partial charge in [0.25, 0.3) is 0 Å². The second-order valence-electron chi connectivity index (χ2n) is 6.33. The minimum Gasteiger partial charge on any atom is -0.368 e. The van der Waals surface area contributed by atoms with Crippen molar-refractivity contribution in [1.82, 2.24) is 19.8 Å². The van der Waals surface area contributed by atoms with Gasteiger partial charge >= 0.3 is 6.55 Å². The summed E-state index contributed by atoms with van der Waals surface area (Å²) in [5, 5.41) is 3.86. The number of aryl methyl sites for hydroxylation is 1. The Morgan fingerprint density at radius 1 is 1.29 bits per heavy atom. The van der Waals surface area contributed by atoms with Crippen LogP contribution in [-0.4, -0.2) is 53.6 Å². The van der Waals surface area contributed by atoms with Gasteiger partial charge in [0.15, 0.2) is 5.96 Å². The SMILES string of the molecule is CN=C(NCc1nccn1C(F)F)N1CCN(c2cc(Cl)ccc2C)CC1.I. The summed E-state index contributed by atoms with van der Waals surface area (Å²) in [6.45, 7) is 2.86. The summed E-state index contributed by atoms with van der Waals surface area (Å²) in [4.78, 5) is 12.7. The molecule has 2 heterocycles. The van der Waals surface area contributed by atoms with Crippen molar-refractivity contribution in [2.45, 2.75) is 20.0 Å². The highest BCUT2D eigenvalue weighted by Gasteiger charge is 2.21. The predicted molar refractivity (Wildman–Crippen MR) is 119 cm³/mol. The van der Waals surface area contributed by atoms with E-state index in [1.807, 2.05) is 18.2 Å². The number of alkyl halides is 2. The molecule has 1 aliphatic heterocycles. The fraction of sp³-hybridized carbons (Fsp3) is 0.444. The van der Waals surface area contributed by atoms with Crippen molar-refractivity contribution >= 4 is 47.2 Å². The lowest BCUT2D eigenvalue weighted by Gasteiger charge is -2.38. The molecule has 0 bridgehead atoms. The molecule has 1 fully saturated rings. The van der Waals surface area contributed by atoms with E-state index in [1.165, 1.54) is 18.0 Å². The summed E-state index contributed by atoms with van der Waals surface area (Å²) < 4.78 is 26.7. The van der Waals surface area contributed by atoms with Gasteiger partial charge in [-0.15, -0.1) is 24.0 Å². The largest absolute Gasteiger partial charge is 0.368 e. The molecule has 3 rings (SSSR count). The molecule has 10 heteroatoms.